The number of imide groups is 1. The lowest BCUT2D eigenvalue weighted by Crippen LogP contribution is -2.45. The molecule has 0 bridgehead atoms. The van der Waals surface area contributed by atoms with Crippen molar-refractivity contribution in [3.05, 3.63) is 0 Å². The van der Waals surface area contributed by atoms with Crippen LogP contribution < -0.4 is 5.32 Å². The zero-order chi connectivity index (χ0) is 12.1. The summed E-state index contributed by atoms with van der Waals surface area (Å²) in [6.07, 6.45) is 0.677. The van der Waals surface area contributed by atoms with Crippen molar-refractivity contribution in [3.63, 3.8) is 0 Å². The van der Waals surface area contributed by atoms with E-state index < -0.39 is 6.04 Å². The third-order valence-electron chi connectivity index (χ3n) is 2.66. The fourth-order valence-corrected chi connectivity index (χ4v) is 1.74. The lowest BCUT2D eigenvalue weighted by atomic mass is 10.1. The van der Waals surface area contributed by atoms with Crippen LogP contribution in [0.4, 0.5) is 0 Å². The second kappa shape index (κ2) is 5.93. The molecular formula is C10H18N2O4. The number of nitrogens with one attached hydrogen (secondary N) is 1. The molecule has 1 rings (SSSR count). The van der Waals surface area contributed by atoms with Crippen molar-refractivity contribution < 1.29 is 19.4 Å². The van der Waals surface area contributed by atoms with Crippen LogP contribution in [0.3, 0.4) is 0 Å². The van der Waals surface area contributed by atoms with Gasteiger partial charge in [-0.1, -0.05) is 0 Å². The highest BCUT2D eigenvalue weighted by molar-refractivity contribution is 6.05. The Morgan fingerprint density at radius 3 is 2.75 bits per heavy atom. The van der Waals surface area contributed by atoms with Gasteiger partial charge in [0.2, 0.25) is 11.8 Å². The summed E-state index contributed by atoms with van der Waals surface area (Å²) in [7, 11) is 3.03. The van der Waals surface area contributed by atoms with Gasteiger partial charge < -0.3 is 15.2 Å². The molecule has 6 heteroatoms. The highest BCUT2D eigenvalue weighted by atomic mass is 16.5. The number of likely N-dealkylation sites (N-methyl/N-ethyl adjacent to an activating group) is 1. The molecule has 0 aromatic heterocycles. The maximum atomic E-state index is 11.6. The number of ether oxygens (including phenoxy) is 1. The lowest BCUT2D eigenvalue weighted by molar-refractivity contribution is -0.137. The second-order valence-electron chi connectivity index (χ2n) is 3.88. The van der Waals surface area contributed by atoms with Crippen LogP contribution in [0.2, 0.25) is 0 Å². The molecule has 2 N–H and O–H groups in total. The largest absolute Gasteiger partial charge is 0.396 e. The molecule has 0 saturated carbocycles. The van der Waals surface area contributed by atoms with Crippen molar-refractivity contribution in [2.45, 2.75) is 24.9 Å². The van der Waals surface area contributed by atoms with E-state index in [-0.39, 0.29) is 30.9 Å². The summed E-state index contributed by atoms with van der Waals surface area (Å²) in [4.78, 5) is 24.0. The highest BCUT2D eigenvalue weighted by Gasteiger charge is 2.36. The Bertz CT molecular complexity index is 264. The SMILES string of the molecule is COCC(CCO)NC1CC(=O)N(C)C1=O. The molecule has 2 atom stereocenters. The summed E-state index contributed by atoms with van der Waals surface area (Å²) in [6, 6.07) is -0.590. The van der Waals surface area contributed by atoms with E-state index in [1.54, 1.807) is 7.11 Å². The van der Waals surface area contributed by atoms with Gasteiger partial charge in [-0.2, -0.15) is 0 Å². The minimum Gasteiger partial charge on any atom is -0.396 e. The molecule has 6 nitrogen and oxygen atoms in total. The lowest BCUT2D eigenvalue weighted by Gasteiger charge is -2.20. The minimum atomic E-state index is -0.482. The van der Waals surface area contributed by atoms with Crippen molar-refractivity contribution in [3.8, 4) is 0 Å². The first-order chi connectivity index (χ1) is 7.60. The standard InChI is InChI=1S/C10H18N2O4/c1-12-9(14)5-8(10(12)15)11-7(3-4-13)6-16-2/h7-8,11,13H,3-6H2,1-2H3. The van der Waals surface area contributed by atoms with Crippen molar-refractivity contribution >= 4 is 11.8 Å². The van der Waals surface area contributed by atoms with E-state index in [1.807, 2.05) is 0 Å². The van der Waals surface area contributed by atoms with Crippen LogP contribution in [0.5, 0.6) is 0 Å². The summed E-state index contributed by atoms with van der Waals surface area (Å²) in [5, 5.41) is 11.9. The fraction of sp³-hybridized carbons (Fsp3) is 0.800. The molecule has 0 radical (unpaired) electrons. The van der Waals surface area contributed by atoms with E-state index in [2.05, 4.69) is 5.32 Å². The number of rotatable bonds is 6. The third kappa shape index (κ3) is 3.01. The molecule has 2 amide bonds. The van der Waals surface area contributed by atoms with Crippen LogP contribution in [0.25, 0.3) is 0 Å². The third-order valence-corrected chi connectivity index (χ3v) is 2.66. The number of carbonyl (C=O) groups is 2. The van der Waals surface area contributed by atoms with Gasteiger partial charge in [0, 0.05) is 26.8 Å². The summed E-state index contributed by atoms with van der Waals surface area (Å²) in [5.41, 5.74) is 0. The van der Waals surface area contributed by atoms with E-state index in [9.17, 15) is 9.59 Å². The zero-order valence-corrected chi connectivity index (χ0v) is 9.60. The van der Waals surface area contributed by atoms with Gasteiger partial charge in [-0.25, -0.2) is 0 Å². The Labute approximate surface area is 94.6 Å². The Morgan fingerprint density at radius 1 is 1.62 bits per heavy atom. The Balaban J connectivity index is 2.51. The molecule has 1 fully saturated rings. The Hall–Kier alpha value is -0.980. The van der Waals surface area contributed by atoms with Crippen molar-refractivity contribution in [1.82, 2.24) is 10.2 Å². The van der Waals surface area contributed by atoms with E-state index in [0.717, 1.165) is 4.90 Å². The summed E-state index contributed by atoms with van der Waals surface area (Å²) < 4.78 is 4.97. The van der Waals surface area contributed by atoms with Crippen LogP contribution in [0.1, 0.15) is 12.8 Å². The molecule has 1 aliphatic rings. The van der Waals surface area contributed by atoms with Gasteiger partial charge >= 0.3 is 0 Å². The number of hydrogen-bond donors (Lipinski definition) is 2. The van der Waals surface area contributed by atoms with E-state index in [4.69, 9.17) is 9.84 Å². The molecule has 16 heavy (non-hydrogen) atoms. The van der Waals surface area contributed by atoms with Crippen LogP contribution in [-0.2, 0) is 14.3 Å². The van der Waals surface area contributed by atoms with Gasteiger partial charge in [0.15, 0.2) is 0 Å². The normalized spacial score (nSPS) is 22.9. The van der Waals surface area contributed by atoms with E-state index in [1.165, 1.54) is 7.05 Å². The predicted molar refractivity (Wildman–Crippen MR) is 56.7 cm³/mol. The smallest absolute Gasteiger partial charge is 0.246 e. The van der Waals surface area contributed by atoms with Crippen LogP contribution >= 0.6 is 0 Å². The molecule has 0 spiro atoms. The molecule has 2 unspecified atom stereocenters. The van der Waals surface area contributed by atoms with Crippen LogP contribution in [0, 0.1) is 0 Å². The fourth-order valence-electron chi connectivity index (χ4n) is 1.74. The summed E-state index contributed by atoms with van der Waals surface area (Å²) in [6.45, 7) is 0.425. The second-order valence-corrected chi connectivity index (χ2v) is 3.88. The number of carbonyl (C=O) groups excluding carboxylic acids is 2. The van der Waals surface area contributed by atoms with Gasteiger partial charge in [-0.15, -0.1) is 0 Å². The summed E-state index contributed by atoms with van der Waals surface area (Å²) >= 11 is 0. The molecule has 0 aromatic rings. The van der Waals surface area contributed by atoms with E-state index >= 15 is 0 Å². The maximum Gasteiger partial charge on any atom is 0.246 e. The number of aliphatic hydroxyl groups excluding tert-OH is 1. The van der Waals surface area contributed by atoms with Crippen molar-refractivity contribution in [2.24, 2.45) is 0 Å². The number of hydrogen-bond acceptors (Lipinski definition) is 5. The zero-order valence-electron chi connectivity index (χ0n) is 9.60. The molecular weight excluding hydrogens is 212 g/mol. The number of amides is 2. The first-order valence-electron chi connectivity index (χ1n) is 5.26. The van der Waals surface area contributed by atoms with E-state index in [0.29, 0.717) is 13.0 Å². The van der Waals surface area contributed by atoms with Gasteiger partial charge in [0.25, 0.3) is 0 Å². The molecule has 1 saturated heterocycles. The van der Waals surface area contributed by atoms with Crippen LogP contribution in [0.15, 0.2) is 0 Å². The number of nitrogens with zero attached hydrogens (tertiary/aromatic N) is 1. The predicted octanol–water partition coefficient (Wildman–Crippen LogP) is -1.27. The number of aliphatic hydroxyl groups is 1. The van der Waals surface area contributed by atoms with Crippen LogP contribution in [-0.4, -0.2) is 61.3 Å². The average Bonchev–Trinajstić information content (AvgIpc) is 2.47. The monoisotopic (exact) mass is 230 g/mol. The minimum absolute atomic E-state index is 0.0196. The van der Waals surface area contributed by atoms with Gasteiger partial charge in [0.1, 0.15) is 0 Å². The molecule has 0 aromatic carbocycles. The first-order valence-corrected chi connectivity index (χ1v) is 5.26. The summed E-state index contributed by atoms with van der Waals surface area (Å²) in [5.74, 6) is -0.397. The molecule has 1 aliphatic heterocycles. The van der Waals surface area contributed by atoms with Crippen molar-refractivity contribution in [1.29, 1.82) is 0 Å². The maximum absolute atomic E-state index is 11.6. The average molecular weight is 230 g/mol. The molecule has 92 valence electrons. The number of methoxy groups -OCH3 is 1. The van der Waals surface area contributed by atoms with Gasteiger partial charge in [-0.05, 0) is 6.42 Å². The Morgan fingerprint density at radius 2 is 2.31 bits per heavy atom. The quantitative estimate of drug-likeness (QED) is 0.556. The topological polar surface area (TPSA) is 78.9 Å². The molecule has 1 heterocycles. The molecule has 0 aliphatic carbocycles. The number of likely N-dealkylation sites (tertiary alicyclic amines) is 1. The first kappa shape index (κ1) is 13.1. The van der Waals surface area contributed by atoms with Gasteiger partial charge in [-0.3, -0.25) is 14.5 Å². The van der Waals surface area contributed by atoms with Gasteiger partial charge in [0.05, 0.1) is 19.1 Å². The Kier molecular flexibility index (Phi) is 4.85. The van der Waals surface area contributed by atoms with Crippen molar-refractivity contribution in [2.75, 3.05) is 27.4 Å². The highest BCUT2D eigenvalue weighted by Crippen LogP contribution is 2.11.